The Hall–Kier alpha value is -1.85. The monoisotopic (exact) mass is 320 g/mol. The summed E-state index contributed by atoms with van der Waals surface area (Å²) in [6.45, 7) is 0. The number of hydrogen-bond donors (Lipinski definition) is 2. The van der Waals surface area contributed by atoms with Crippen LogP contribution in [0, 0.1) is 5.92 Å². The highest BCUT2D eigenvalue weighted by molar-refractivity contribution is 7.17. The van der Waals surface area contributed by atoms with Crippen molar-refractivity contribution in [2.45, 2.75) is 12.8 Å². The summed E-state index contributed by atoms with van der Waals surface area (Å²) in [5.74, 6) is -0.342. The van der Waals surface area contributed by atoms with Gasteiger partial charge in [-0.2, -0.15) is 0 Å². The molecule has 1 aromatic heterocycles. The average Bonchev–Trinajstić information content (AvgIpc) is 3.23. The largest absolute Gasteiger partial charge is 0.279 e. The Morgan fingerprint density at radius 2 is 1.76 bits per heavy atom. The summed E-state index contributed by atoms with van der Waals surface area (Å²) in [6.07, 6.45) is 1.81. The molecule has 108 valence electrons. The lowest BCUT2D eigenvalue weighted by atomic mass is 10.2. The summed E-state index contributed by atoms with van der Waals surface area (Å²) in [5.41, 5.74) is 5.90. The van der Waals surface area contributed by atoms with Crippen molar-refractivity contribution >= 4 is 34.8 Å². The van der Waals surface area contributed by atoms with Crippen LogP contribution in [-0.2, 0) is 4.79 Å². The maximum absolute atomic E-state index is 12.0. The summed E-state index contributed by atoms with van der Waals surface area (Å²) in [7, 11) is 0. The normalized spacial score (nSPS) is 13.8. The molecule has 1 aliphatic carbocycles. The molecule has 0 saturated heterocycles. The van der Waals surface area contributed by atoms with E-state index in [1.165, 1.54) is 11.3 Å². The van der Waals surface area contributed by atoms with Crippen LogP contribution in [0.2, 0.25) is 5.02 Å². The van der Waals surface area contributed by atoms with E-state index in [9.17, 15) is 9.59 Å². The predicted molar refractivity (Wildman–Crippen MR) is 83.1 cm³/mol. The molecule has 2 N–H and O–H groups in total. The third-order valence-corrected chi connectivity index (χ3v) is 4.59. The highest BCUT2D eigenvalue weighted by Crippen LogP contribution is 2.29. The van der Waals surface area contributed by atoms with E-state index < -0.39 is 0 Å². The zero-order valence-corrected chi connectivity index (χ0v) is 12.6. The molecule has 0 unspecified atom stereocenters. The lowest BCUT2D eigenvalue weighted by Gasteiger charge is -2.04. The van der Waals surface area contributed by atoms with Gasteiger partial charge in [-0.05, 0) is 42.7 Å². The molecule has 0 aliphatic heterocycles. The van der Waals surface area contributed by atoms with Crippen molar-refractivity contribution in [3.63, 3.8) is 0 Å². The number of nitrogens with one attached hydrogen (secondary N) is 2. The number of thiophene rings is 1. The molecule has 1 saturated carbocycles. The summed E-state index contributed by atoms with van der Waals surface area (Å²) >= 11 is 7.22. The van der Waals surface area contributed by atoms with E-state index in [0.717, 1.165) is 23.3 Å². The van der Waals surface area contributed by atoms with E-state index in [0.29, 0.717) is 9.90 Å². The van der Waals surface area contributed by atoms with Crippen molar-refractivity contribution in [2.75, 3.05) is 0 Å². The van der Waals surface area contributed by atoms with Crippen LogP contribution in [0.15, 0.2) is 36.4 Å². The van der Waals surface area contributed by atoms with Crippen LogP contribution in [0.1, 0.15) is 22.5 Å². The molecule has 1 fully saturated rings. The Labute approximate surface area is 131 Å². The molecular weight excluding hydrogens is 308 g/mol. The Kier molecular flexibility index (Phi) is 3.94. The fraction of sp³-hybridized carbons (Fsp3) is 0.200. The van der Waals surface area contributed by atoms with Crippen molar-refractivity contribution in [3.8, 4) is 10.4 Å². The molecule has 1 aliphatic rings. The van der Waals surface area contributed by atoms with E-state index in [2.05, 4.69) is 10.9 Å². The van der Waals surface area contributed by atoms with Gasteiger partial charge in [-0.1, -0.05) is 23.7 Å². The standard InChI is InChI=1S/C15H13ClN2O2S/c16-11-5-3-9(4-6-11)12-7-8-13(21-12)15(20)18-17-14(19)10-1-2-10/h3-8,10H,1-2H2,(H,17,19)(H,18,20). The molecule has 0 radical (unpaired) electrons. The average molecular weight is 321 g/mol. The molecule has 2 amide bonds. The lowest BCUT2D eigenvalue weighted by Crippen LogP contribution is -2.42. The fourth-order valence-electron chi connectivity index (χ4n) is 1.86. The molecule has 21 heavy (non-hydrogen) atoms. The quantitative estimate of drug-likeness (QED) is 0.853. The first-order valence-electron chi connectivity index (χ1n) is 6.59. The van der Waals surface area contributed by atoms with Crippen molar-refractivity contribution in [1.82, 2.24) is 10.9 Å². The maximum atomic E-state index is 12.0. The van der Waals surface area contributed by atoms with Gasteiger partial charge in [-0.15, -0.1) is 11.3 Å². The SMILES string of the molecule is O=C(NNC(=O)C1CC1)c1ccc(-c2ccc(Cl)cc2)s1. The van der Waals surface area contributed by atoms with Gasteiger partial charge in [0.25, 0.3) is 5.91 Å². The van der Waals surface area contributed by atoms with Gasteiger partial charge in [0, 0.05) is 15.8 Å². The molecule has 0 spiro atoms. The van der Waals surface area contributed by atoms with E-state index in [4.69, 9.17) is 11.6 Å². The maximum Gasteiger partial charge on any atom is 0.279 e. The third-order valence-electron chi connectivity index (χ3n) is 3.21. The third kappa shape index (κ3) is 3.43. The first kappa shape index (κ1) is 14.1. The molecular formula is C15H13ClN2O2S. The Morgan fingerprint density at radius 1 is 1.05 bits per heavy atom. The van der Waals surface area contributed by atoms with Gasteiger partial charge in [0.05, 0.1) is 4.88 Å². The summed E-state index contributed by atoms with van der Waals surface area (Å²) in [4.78, 5) is 24.9. The van der Waals surface area contributed by atoms with Gasteiger partial charge >= 0.3 is 0 Å². The minimum atomic E-state index is -0.297. The summed E-state index contributed by atoms with van der Waals surface area (Å²) in [5, 5.41) is 0.677. The molecule has 0 atom stereocenters. The smallest absolute Gasteiger partial charge is 0.273 e. The van der Waals surface area contributed by atoms with Gasteiger partial charge < -0.3 is 0 Å². The minimum Gasteiger partial charge on any atom is -0.273 e. The Morgan fingerprint density at radius 3 is 2.43 bits per heavy atom. The number of carbonyl (C=O) groups excluding carboxylic acids is 2. The minimum absolute atomic E-state index is 0.0678. The first-order chi connectivity index (χ1) is 10.1. The first-order valence-corrected chi connectivity index (χ1v) is 7.79. The van der Waals surface area contributed by atoms with Gasteiger partial charge in [0.1, 0.15) is 0 Å². The number of rotatable bonds is 3. The lowest BCUT2D eigenvalue weighted by molar-refractivity contribution is -0.123. The van der Waals surface area contributed by atoms with E-state index in [1.54, 1.807) is 6.07 Å². The topological polar surface area (TPSA) is 58.2 Å². The summed E-state index contributed by atoms with van der Waals surface area (Å²) in [6, 6.07) is 11.1. The zero-order chi connectivity index (χ0) is 14.8. The highest BCUT2D eigenvalue weighted by atomic mass is 35.5. The van der Waals surface area contributed by atoms with Gasteiger partial charge in [0.15, 0.2) is 0 Å². The van der Waals surface area contributed by atoms with Gasteiger partial charge in [0.2, 0.25) is 5.91 Å². The highest BCUT2D eigenvalue weighted by Gasteiger charge is 2.29. The number of hydrazine groups is 1. The van der Waals surface area contributed by atoms with Crippen molar-refractivity contribution in [1.29, 1.82) is 0 Å². The number of benzene rings is 1. The van der Waals surface area contributed by atoms with E-state index in [-0.39, 0.29) is 17.7 Å². The van der Waals surface area contributed by atoms with E-state index >= 15 is 0 Å². The van der Waals surface area contributed by atoms with Crippen LogP contribution < -0.4 is 10.9 Å². The number of carbonyl (C=O) groups is 2. The predicted octanol–water partition coefficient (Wildman–Crippen LogP) is 3.24. The van der Waals surface area contributed by atoms with Crippen LogP contribution in [-0.4, -0.2) is 11.8 Å². The van der Waals surface area contributed by atoms with Crippen LogP contribution >= 0.6 is 22.9 Å². The van der Waals surface area contributed by atoms with E-state index in [1.807, 2.05) is 30.3 Å². The van der Waals surface area contributed by atoms with Crippen molar-refractivity contribution in [2.24, 2.45) is 5.92 Å². The van der Waals surface area contributed by atoms with Crippen LogP contribution in [0.3, 0.4) is 0 Å². The van der Waals surface area contributed by atoms with Crippen molar-refractivity contribution in [3.05, 3.63) is 46.3 Å². The van der Waals surface area contributed by atoms with Gasteiger partial charge in [-0.3, -0.25) is 20.4 Å². The van der Waals surface area contributed by atoms with Crippen LogP contribution in [0.5, 0.6) is 0 Å². The summed E-state index contributed by atoms with van der Waals surface area (Å²) < 4.78 is 0. The van der Waals surface area contributed by atoms with Gasteiger partial charge in [-0.25, -0.2) is 0 Å². The number of halogens is 1. The molecule has 4 nitrogen and oxygen atoms in total. The number of amides is 2. The molecule has 2 aromatic rings. The fourth-order valence-corrected chi connectivity index (χ4v) is 2.89. The second-order valence-electron chi connectivity index (χ2n) is 4.89. The molecule has 1 heterocycles. The van der Waals surface area contributed by atoms with Crippen LogP contribution in [0.25, 0.3) is 10.4 Å². The Bertz CT molecular complexity index is 677. The van der Waals surface area contributed by atoms with Crippen LogP contribution in [0.4, 0.5) is 0 Å². The molecule has 6 heteroatoms. The number of hydrogen-bond acceptors (Lipinski definition) is 3. The molecule has 0 bridgehead atoms. The Balaban J connectivity index is 1.64. The zero-order valence-electron chi connectivity index (χ0n) is 11.1. The van der Waals surface area contributed by atoms with Crippen molar-refractivity contribution < 1.29 is 9.59 Å². The molecule has 3 rings (SSSR count). The second kappa shape index (κ2) is 5.87. The second-order valence-corrected chi connectivity index (χ2v) is 6.41. The molecule has 1 aromatic carbocycles.